The monoisotopic (exact) mass is 255 g/mol. The molecule has 2 aromatic rings. The maximum atomic E-state index is 12.0. The SMILES string of the molecule is Cc1cc(C(=O)N(C)Cc2ccc(C#N)cc2)no1. The van der Waals surface area contributed by atoms with Gasteiger partial charge in [-0.15, -0.1) is 0 Å². The van der Waals surface area contributed by atoms with E-state index in [1.165, 1.54) is 0 Å². The van der Waals surface area contributed by atoms with Crippen LogP contribution in [0.4, 0.5) is 0 Å². The Morgan fingerprint density at radius 1 is 1.42 bits per heavy atom. The van der Waals surface area contributed by atoms with Gasteiger partial charge in [0.2, 0.25) is 0 Å². The van der Waals surface area contributed by atoms with Gasteiger partial charge in [0.1, 0.15) is 5.76 Å². The Morgan fingerprint density at radius 3 is 2.63 bits per heavy atom. The van der Waals surface area contributed by atoms with Crippen LogP contribution >= 0.6 is 0 Å². The molecule has 0 atom stereocenters. The normalized spacial score (nSPS) is 9.95. The fourth-order valence-electron chi connectivity index (χ4n) is 1.69. The molecule has 0 spiro atoms. The topological polar surface area (TPSA) is 70.1 Å². The highest BCUT2D eigenvalue weighted by atomic mass is 16.5. The third-order valence-electron chi connectivity index (χ3n) is 2.70. The van der Waals surface area contributed by atoms with Crippen molar-refractivity contribution in [3.8, 4) is 6.07 Å². The van der Waals surface area contributed by atoms with Gasteiger partial charge < -0.3 is 9.42 Å². The van der Waals surface area contributed by atoms with E-state index < -0.39 is 0 Å². The van der Waals surface area contributed by atoms with Crippen molar-refractivity contribution < 1.29 is 9.32 Å². The minimum atomic E-state index is -0.193. The lowest BCUT2D eigenvalue weighted by Gasteiger charge is -2.15. The van der Waals surface area contributed by atoms with E-state index in [-0.39, 0.29) is 5.91 Å². The summed E-state index contributed by atoms with van der Waals surface area (Å²) in [5, 5.41) is 12.4. The van der Waals surface area contributed by atoms with Gasteiger partial charge >= 0.3 is 0 Å². The molecule has 0 fully saturated rings. The highest BCUT2D eigenvalue weighted by molar-refractivity contribution is 5.92. The fraction of sp³-hybridized carbons (Fsp3) is 0.214. The Labute approximate surface area is 111 Å². The third-order valence-corrected chi connectivity index (χ3v) is 2.70. The molecule has 0 unspecified atom stereocenters. The van der Waals surface area contributed by atoms with Gasteiger partial charge in [-0.25, -0.2) is 0 Å². The molecule has 0 aliphatic carbocycles. The van der Waals surface area contributed by atoms with Gasteiger partial charge in [-0.2, -0.15) is 5.26 Å². The summed E-state index contributed by atoms with van der Waals surface area (Å²) in [7, 11) is 1.70. The Balaban J connectivity index is 2.06. The molecule has 0 aliphatic rings. The summed E-state index contributed by atoms with van der Waals surface area (Å²) in [6.45, 7) is 2.20. The van der Waals surface area contributed by atoms with Crippen LogP contribution in [0.5, 0.6) is 0 Å². The molecule has 1 amide bonds. The molecule has 1 aromatic heterocycles. The van der Waals surface area contributed by atoms with Gasteiger partial charge in [0.25, 0.3) is 5.91 Å². The van der Waals surface area contributed by atoms with Crippen LogP contribution < -0.4 is 0 Å². The average Bonchev–Trinajstić information content (AvgIpc) is 2.85. The highest BCUT2D eigenvalue weighted by Gasteiger charge is 2.15. The maximum absolute atomic E-state index is 12.0. The molecule has 1 aromatic carbocycles. The largest absolute Gasteiger partial charge is 0.361 e. The molecular formula is C14H13N3O2. The van der Waals surface area contributed by atoms with E-state index in [1.807, 2.05) is 12.1 Å². The number of nitriles is 1. The van der Waals surface area contributed by atoms with Gasteiger partial charge in [0, 0.05) is 19.7 Å². The van der Waals surface area contributed by atoms with Crippen LogP contribution in [-0.2, 0) is 6.54 Å². The van der Waals surface area contributed by atoms with Crippen molar-refractivity contribution in [3.63, 3.8) is 0 Å². The summed E-state index contributed by atoms with van der Waals surface area (Å²) in [6, 6.07) is 10.8. The molecule has 0 saturated carbocycles. The van der Waals surface area contributed by atoms with Crippen LogP contribution in [0.25, 0.3) is 0 Å². The lowest BCUT2D eigenvalue weighted by Crippen LogP contribution is -2.26. The van der Waals surface area contributed by atoms with Crippen LogP contribution in [0.2, 0.25) is 0 Å². The predicted octanol–water partition coefficient (Wildman–Crippen LogP) is 2.13. The Morgan fingerprint density at radius 2 is 2.11 bits per heavy atom. The lowest BCUT2D eigenvalue weighted by atomic mass is 10.1. The zero-order chi connectivity index (χ0) is 13.8. The zero-order valence-corrected chi connectivity index (χ0v) is 10.8. The van der Waals surface area contributed by atoms with E-state index in [0.717, 1.165) is 5.56 Å². The molecule has 2 rings (SSSR count). The van der Waals surface area contributed by atoms with Gasteiger partial charge in [-0.3, -0.25) is 4.79 Å². The number of hydrogen-bond acceptors (Lipinski definition) is 4. The van der Waals surface area contributed by atoms with Crippen molar-refractivity contribution >= 4 is 5.91 Å². The van der Waals surface area contributed by atoms with Crippen molar-refractivity contribution in [2.24, 2.45) is 0 Å². The number of amides is 1. The first-order valence-electron chi connectivity index (χ1n) is 5.78. The van der Waals surface area contributed by atoms with Gasteiger partial charge in [-0.05, 0) is 24.6 Å². The van der Waals surface area contributed by atoms with E-state index >= 15 is 0 Å². The molecule has 1 heterocycles. The summed E-state index contributed by atoms with van der Waals surface area (Å²) in [5.74, 6) is 0.413. The maximum Gasteiger partial charge on any atom is 0.276 e. The van der Waals surface area contributed by atoms with Crippen LogP contribution in [-0.4, -0.2) is 23.0 Å². The molecule has 96 valence electrons. The van der Waals surface area contributed by atoms with Crippen molar-refractivity contribution in [1.82, 2.24) is 10.1 Å². The number of carbonyl (C=O) groups excluding carboxylic acids is 1. The molecule has 5 heteroatoms. The second kappa shape index (κ2) is 5.36. The molecule has 0 saturated heterocycles. The van der Waals surface area contributed by atoms with E-state index in [4.69, 9.17) is 9.78 Å². The molecule has 0 N–H and O–H groups in total. The molecule has 0 bridgehead atoms. The van der Waals surface area contributed by atoms with E-state index in [1.54, 1.807) is 37.1 Å². The van der Waals surface area contributed by atoms with E-state index in [2.05, 4.69) is 11.2 Å². The minimum absolute atomic E-state index is 0.193. The third kappa shape index (κ3) is 2.99. The summed E-state index contributed by atoms with van der Waals surface area (Å²) in [4.78, 5) is 13.6. The molecule has 19 heavy (non-hydrogen) atoms. The highest BCUT2D eigenvalue weighted by Crippen LogP contribution is 2.10. The summed E-state index contributed by atoms with van der Waals surface area (Å²) < 4.78 is 4.88. The number of hydrogen-bond donors (Lipinski definition) is 0. The average molecular weight is 255 g/mol. The van der Waals surface area contributed by atoms with Crippen LogP contribution in [0, 0.1) is 18.3 Å². The van der Waals surface area contributed by atoms with Crippen molar-refractivity contribution in [2.75, 3.05) is 7.05 Å². The number of carbonyl (C=O) groups is 1. The molecule has 0 aliphatic heterocycles. The molecular weight excluding hydrogens is 242 g/mol. The van der Waals surface area contributed by atoms with E-state index in [0.29, 0.717) is 23.6 Å². The number of rotatable bonds is 3. The smallest absolute Gasteiger partial charge is 0.276 e. The summed E-state index contributed by atoms with van der Waals surface area (Å²) in [6.07, 6.45) is 0. The van der Waals surface area contributed by atoms with Gasteiger partial charge in [0.05, 0.1) is 11.6 Å². The first-order chi connectivity index (χ1) is 9.10. The van der Waals surface area contributed by atoms with Crippen molar-refractivity contribution in [2.45, 2.75) is 13.5 Å². The standard InChI is InChI=1S/C14H13N3O2/c1-10-7-13(16-19-10)14(18)17(2)9-12-5-3-11(8-15)4-6-12/h3-7H,9H2,1-2H3. The first-order valence-corrected chi connectivity index (χ1v) is 5.78. The molecule has 5 nitrogen and oxygen atoms in total. The number of benzene rings is 1. The second-order valence-corrected chi connectivity index (χ2v) is 4.29. The zero-order valence-electron chi connectivity index (χ0n) is 10.8. The summed E-state index contributed by atoms with van der Waals surface area (Å²) in [5.41, 5.74) is 1.86. The van der Waals surface area contributed by atoms with Crippen LogP contribution in [0.15, 0.2) is 34.9 Å². The van der Waals surface area contributed by atoms with Crippen molar-refractivity contribution in [3.05, 3.63) is 52.9 Å². The van der Waals surface area contributed by atoms with E-state index in [9.17, 15) is 4.79 Å². The lowest BCUT2D eigenvalue weighted by molar-refractivity contribution is 0.0774. The first kappa shape index (κ1) is 12.8. The minimum Gasteiger partial charge on any atom is -0.361 e. The van der Waals surface area contributed by atoms with Crippen LogP contribution in [0.3, 0.4) is 0 Å². The number of aromatic nitrogens is 1. The Bertz CT molecular complexity index is 623. The van der Waals surface area contributed by atoms with Crippen molar-refractivity contribution in [1.29, 1.82) is 5.26 Å². The van der Waals surface area contributed by atoms with Gasteiger partial charge in [-0.1, -0.05) is 17.3 Å². The fourth-order valence-corrected chi connectivity index (χ4v) is 1.69. The predicted molar refractivity (Wildman–Crippen MR) is 68.2 cm³/mol. The number of nitrogens with zero attached hydrogens (tertiary/aromatic N) is 3. The Hall–Kier alpha value is -2.61. The second-order valence-electron chi connectivity index (χ2n) is 4.29. The summed E-state index contributed by atoms with van der Waals surface area (Å²) >= 11 is 0. The van der Waals surface area contributed by atoms with Crippen LogP contribution in [0.1, 0.15) is 27.4 Å². The molecule has 0 radical (unpaired) electrons. The Kier molecular flexibility index (Phi) is 3.62. The quantitative estimate of drug-likeness (QED) is 0.842. The van der Waals surface area contributed by atoms with Gasteiger partial charge in [0.15, 0.2) is 5.69 Å². The number of aryl methyl sites for hydroxylation is 1.